The van der Waals surface area contributed by atoms with Gasteiger partial charge in [0.25, 0.3) is 0 Å². The number of amides is 2. The normalized spacial score (nSPS) is 16.4. The molecule has 10 heteroatoms. The summed E-state index contributed by atoms with van der Waals surface area (Å²) in [6, 6.07) is 1.87. The molecule has 2 aromatic rings. The second-order valence-electron chi connectivity index (χ2n) is 5.85. The molecule has 0 aromatic carbocycles. The van der Waals surface area contributed by atoms with Crippen molar-refractivity contribution in [3.05, 3.63) is 51.5 Å². The van der Waals surface area contributed by atoms with E-state index >= 15 is 0 Å². The lowest BCUT2D eigenvalue weighted by atomic mass is 10.0. The first-order valence-corrected chi connectivity index (χ1v) is 9.43. The van der Waals surface area contributed by atoms with Crippen LogP contribution in [0.4, 0.5) is 4.79 Å². The van der Waals surface area contributed by atoms with Crippen molar-refractivity contribution in [1.82, 2.24) is 15.6 Å². The van der Waals surface area contributed by atoms with E-state index in [1.165, 1.54) is 17.6 Å². The lowest BCUT2D eigenvalue weighted by Crippen LogP contribution is -2.47. The third kappa shape index (κ3) is 4.58. The molecule has 3 heterocycles. The van der Waals surface area contributed by atoms with E-state index in [1.807, 2.05) is 6.92 Å². The molecule has 0 spiro atoms. The molecule has 0 fully saturated rings. The Bertz CT molecular complexity index is 902. The van der Waals surface area contributed by atoms with Crippen molar-refractivity contribution in [2.75, 3.05) is 13.2 Å². The Morgan fingerprint density at radius 2 is 2.18 bits per heavy atom. The maximum absolute atomic E-state index is 12.5. The second kappa shape index (κ2) is 8.70. The fourth-order valence-corrected chi connectivity index (χ4v) is 3.30. The highest BCUT2D eigenvalue weighted by molar-refractivity contribution is 7.09. The molecule has 9 nitrogen and oxygen atoms in total. The average molecular weight is 405 g/mol. The summed E-state index contributed by atoms with van der Waals surface area (Å²) in [6.45, 7) is 3.37. The average Bonchev–Trinajstić information content (AvgIpc) is 3.31. The number of hydrogen-bond acceptors (Lipinski definition) is 8. The lowest BCUT2D eigenvalue weighted by Gasteiger charge is -2.27. The Balaban J connectivity index is 1.80. The van der Waals surface area contributed by atoms with Crippen LogP contribution in [0.1, 0.15) is 29.4 Å². The molecular weight excluding hydrogens is 386 g/mol. The molecule has 1 aliphatic heterocycles. The summed E-state index contributed by atoms with van der Waals surface area (Å²) in [5.74, 6) is -0.805. The Morgan fingerprint density at radius 1 is 1.36 bits per heavy atom. The third-order valence-electron chi connectivity index (χ3n) is 3.85. The highest BCUT2D eigenvalue weighted by Gasteiger charge is 2.35. The molecule has 2 N–H and O–H groups in total. The minimum Gasteiger partial charge on any atom is -0.467 e. The summed E-state index contributed by atoms with van der Waals surface area (Å²) < 4.78 is 15.7. The van der Waals surface area contributed by atoms with Gasteiger partial charge in [0.05, 0.1) is 41.3 Å². The first kappa shape index (κ1) is 19.6. The SMILES string of the molecule is CCOC(=O)C1=C(COC(=O)Cc2csc(C)n2)NC(=O)NC1c1ccco1. The van der Waals surface area contributed by atoms with E-state index < -0.39 is 24.0 Å². The van der Waals surface area contributed by atoms with Crippen LogP contribution in [0.15, 0.2) is 39.5 Å². The first-order chi connectivity index (χ1) is 13.5. The van der Waals surface area contributed by atoms with Gasteiger partial charge in [-0.1, -0.05) is 0 Å². The predicted molar refractivity (Wildman–Crippen MR) is 98.3 cm³/mol. The van der Waals surface area contributed by atoms with Crippen LogP contribution < -0.4 is 10.6 Å². The number of hydrogen-bond donors (Lipinski definition) is 2. The number of nitrogens with one attached hydrogen (secondary N) is 2. The van der Waals surface area contributed by atoms with E-state index in [1.54, 1.807) is 24.4 Å². The first-order valence-electron chi connectivity index (χ1n) is 8.55. The van der Waals surface area contributed by atoms with E-state index in [-0.39, 0.29) is 30.9 Å². The Hall–Kier alpha value is -3.14. The smallest absolute Gasteiger partial charge is 0.338 e. The summed E-state index contributed by atoms with van der Waals surface area (Å²) in [6.07, 6.45) is 1.43. The Morgan fingerprint density at radius 3 is 2.82 bits per heavy atom. The minimum absolute atomic E-state index is 0.000167. The van der Waals surface area contributed by atoms with Crippen molar-refractivity contribution in [3.63, 3.8) is 0 Å². The molecular formula is C18H19N3O6S. The van der Waals surface area contributed by atoms with E-state index in [4.69, 9.17) is 13.9 Å². The number of thiazole rings is 1. The van der Waals surface area contributed by atoms with Crippen LogP contribution in [-0.4, -0.2) is 36.2 Å². The van der Waals surface area contributed by atoms with Gasteiger partial charge in [-0.2, -0.15) is 0 Å². The number of carbonyl (C=O) groups excluding carboxylic acids is 3. The van der Waals surface area contributed by atoms with Gasteiger partial charge in [-0.05, 0) is 26.0 Å². The zero-order chi connectivity index (χ0) is 20.1. The van der Waals surface area contributed by atoms with E-state index in [2.05, 4.69) is 15.6 Å². The van der Waals surface area contributed by atoms with Gasteiger partial charge in [0.2, 0.25) is 0 Å². The summed E-state index contributed by atoms with van der Waals surface area (Å²) in [4.78, 5) is 40.9. The summed E-state index contributed by atoms with van der Waals surface area (Å²) in [7, 11) is 0. The molecule has 148 valence electrons. The van der Waals surface area contributed by atoms with Crippen LogP contribution in [0.25, 0.3) is 0 Å². The molecule has 2 aromatic heterocycles. The van der Waals surface area contributed by atoms with Crippen molar-refractivity contribution in [1.29, 1.82) is 0 Å². The number of ether oxygens (including phenoxy) is 2. The molecule has 0 radical (unpaired) electrons. The van der Waals surface area contributed by atoms with E-state index in [0.717, 1.165) is 5.01 Å². The van der Waals surface area contributed by atoms with Gasteiger partial charge in [0, 0.05) is 5.38 Å². The molecule has 1 atom stereocenters. The van der Waals surface area contributed by atoms with Crippen LogP contribution in [0.3, 0.4) is 0 Å². The molecule has 2 amide bonds. The monoisotopic (exact) mass is 405 g/mol. The van der Waals surface area contributed by atoms with Gasteiger partial charge in [-0.15, -0.1) is 11.3 Å². The topological polar surface area (TPSA) is 120 Å². The zero-order valence-corrected chi connectivity index (χ0v) is 16.1. The summed E-state index contributed by atoms with van der Waals surface area (Å²) in [5, 5.41) is 7.76. The van der Waals surface area contributed by atoms with Crippen LogP contribution in [0.2, 0.25) is 0 Å². The Labute approximate surface area is 164 Å². The van der Waals surface area contributed by atoms with Crippen LogP contribution in [0.5, 0.6) is 0 Å². The van der Waals surface area contributed by atoms with Crippen molar-refractivity contribution in [3.8, 4) is 0 Å². The second-order valence-corrected chi connectivity index (χ2v) is 6.92. The van der Waals surface area contributed by atoms with Gasteiger partial charge in [0.15, 0.2) is 0 Å². The fourth-order valence-electron chi connectivity index (χ4n) is 2.69. The zero-order valence-electron chi connectivity index (χ0n) is 15.3. The standard InChI is InChI=1S/C18H19N3O6S/c1-3-25-17(23)15-12(8-27-14(22)7-11-9-28-10(2)19-11)20-18(24)21-16(15)13-5-4-6-26-13/h4-6,9,16H,3,7-8H2,1-2H3,(H2,20,21,24). The number of esters is 2. The summed E-state index contributed by atoms with van der Waals surface area (Å²) in [5.41, 5.74) is 0.870. The van der Waals surface area contributed by atoms with Gasteiger partial charge in [-0.3, -0.25) is 4.79 Å². The third-order valence-corrected chi connectivity index (χ3v) is 4.67. The predicted octanol–water partition coefficient (Wildman–Crippen LogP) is 2.00. The van der Waals surface area contributed by atoms with Gasteiger partial charge < -0.3 is 24.5 Å². The van der Waals surface area contributed by atoms with Crippen molar-refractivity contribution < 1.29 is 28.3 Å². The molecule has 0 bridgehead atoms. The number of furan rings is 1. The van der Waals surface area contributed by atoms with E-state index in [0.29, 0.717) is 11.5 Å². The molecule has 1 aliphatic rings. The van der Waals surface area contributed by atoms with Crippen molar-refractivity contribution >= 4 is 29.3 Å². The van der Waals surface area contributed by atoms with Crippen molar-refractivity contribution in [2.24, 2.45) is 0 Å². The maximum Gasteiger partial charge on any atom is 0.338 e. The Kier molecular flexibility index (Phi) is 6.09. The number of aromatic nitrogens is 1. The molecule has 3 rings (SSSR count). The fraction of sp³-hybridized carbons (Fsp3) is 0.333. The van der Waals surface area contributed by atoms with Gasteiger partial charge in [0.1, 0.15) is 18.4 Å². The van der Waals surface area contributed by atoms with Crippen molar-refractivity contribution in [2.45, 2.75) is 26.3 Å². The minimum atomic E-state index is -0.849. The molecule has 28 heavy (non-hydrogen) atoms. The number of rotatable bonds is 7. The maximum atomic E-state index is 12.5. The lowest BCUT2D eigenvalue weighted by molar-refractivity contribution is -0.143. The largest absolute Gasteiger partial charge is 0.467 e. The molecule has 0 saturated carbocycles. The quantitative estimate of drug-likeness (QED) is 0.676. The highest BCUT2D eigenvalue weighted by atomic mass is 32.1. The van der Waals surface area contributed by atoms with Crippen LogP contribution in [0, 0.1) is 6.92 Å². The van der Waals surface area contributed by atoms with Crippen LogP contribution in [-0.2, 0) is 25.5 Å². The number of carbonyl (C=O) groups is 3. The highest BCUT2D eigenvalue weighted by Crippen LogP contribution is 2.28. The molecule has 1 unspecified atom stereocenters. The van der Waals surface area contributed by atoms with Gasteiger partial charge >= 0.3 is 18.0 Å². The van der Waals surface area contributed by atoms with Gasteiger partial charge in [-0.25, -0.2) is 14.6 Å². The number of nitrogens with zero attached hydrogens (tertiary/aromatic N) is 1. The number of urea groups is 1. The summed E-state index contributed by atoms with van der Waals surface area (Å²) >= 11 is 1.44. The van der Waals surface area contributed by atoms with Crippen LogP contribution >= 0.6 is 11.3 Å². The molecule has 0 aliphatic carbocycles. The van der Waals surface area contributed by atoms with E-state index in [9.17, 15) is 14.4 Å². The number of aryl methyl sites for hydroxylation is 1. The molecule has 0 saturated heterocycles.